The van der Waals surface area contributed by atoms with Crippen LogP contribution in [-0.4, -0.2) is 43.9 Å². The van der Waals surface area contributed by atoms with Gasteiger partial charge >= 0.3 is 5.97 Å². The fraction of sp³-hybridized carbons (Fsp3) is 0.625. The van der Waals surface area contributed by atoms with E-state index in [1.165, 1.54) is 6.33 Å². The third kappa shape index (κ3) is 2.87. The lowest BCUT2D eigenvalue weighted by Crippen LogP contribution is -2.43. The Morgan fingerprint density at radius 1 is 1.30 bits per heavy atom. The molecule has 1 saturated heterocycles. The summed E-state index contributed by atoms with van der Waals surface area (Å²) >= 11 is 0. The van der Waals surface area contributed by atoms with Crippen molar-refractivity contribution < 1.29 is 9.90 Å². The smallest absolute Gasteiger partial charge is 0.308 e. The number of rotatable bonds is 2. The van der Waals surface area contributed by atoms with Gasteiger partial charge in [-0.1, -0.05) is 6.92 Å². The van der Waals surface area contributed by atoms with E-state index in [-0.39, 0.29) is 11.5 Å². The van der Waals surface area contributed by atoms with E-state index in [0.717, 1.165) is 23.4 Å². The summed E-state index contributed by atoms with van der Waals surface area (Å²) in [5.74, 6) is -0.00510. The number of hydrogen-bond acceptors (Lipinski definition) is 5. The SMILES string of the molecule is CC1CC(C(=O)O)CN(c2ncnc3c2cnn3C(C)(C)C)C1. The number of carboxylic acids is 1. The predicted octanol–water partition coefficient (Wildman–Crippen LogP) is 2.13. The average Bonchev–Trinajstić information content (AvgIpc) is 2.90. The molecule has 1 fully saturated rings. The Morgan fingerprint density at radius 3 is 2.70 bits per heavy atom. The van der Waals surface area contributed by atoms with Crippen molar-refractivity contribution in [2.75, 3.05) is 18.0 Å². The summed E-state index contributed by atoms with van der Waals surface area (Å²) in [6.45, 7) is 9.59. The Labute approximate surface area is 135 Å². The minimum atomic E-state index is -0.739. The predicted molar refractivity (Wildman–Crippen MR) is 87.4 cm³/mol. The van der Waals surface area contributed by atoms with Gasteiger partial charge in [-0.25, -0.2) is 14.6 Å². The van der Waals surface area contributed by atoms with E-state index < -0.39 is 5.97 Å². The highest BCUT2D eigenvalue weighted by atomic mass is 16.4. The molecular weight excluding hydrogens is 294 g/mol. The normalized spacial score (nSPS) is 22.5. The number of fused-ring (bicyclic) bond motifs is 1. The van der Waals surface area contributed by atoms with Gasteiger partial charge < -0.3 is 10.0 Å². The van der Waals surface area contributed by atoms with Crippen LogP contribution in [0.25, 0.3) is 11.0 Å². The van der Waals surface area contributed by atoms with Crippen molar-refractivity contribution in [1.29, 1.82) is 0 Å². The van der Waals surface area contributed by atoms with Gasteiger partial charge in [0.1, 0.15) is 12.1 Å². The van der Waals surface area contributed by atoms with Crippen LogP contribution < -0.4 is 4.90 Å². The first-order valence-electron chi connectivity index (χ1n) is 7.94. The van der Waals surface area contributed by atoms with Crippen LogP contribution in [0.4, 0.5) is 5.82 Å². The van der Waals surface area contributed by atoms with Crippen molar-refractivity contribution in [3.8, 4) is 0 Å². The molecular formula is C16H23N5O2. The standard InChI is InChI=1S/C16H23N5O2/c1-10-5-11(15(22)23)8-20(7-10)13-12-6-19-21(16(2,3)4)14(12)18-9-17-13/h6,9-11H,5,7-8H2,1-4H3,(H,22,23). The van der Waals surface area contributed by atoms with Crippen molar-refractivity contribution in [3.05, 3.63) is 12.5 Å². The molecule has 3 heterocycles. The molecule has 2 aromatic heterocycles. The quantitative estimate of drug-likeness (QED) is 0.913. The fourth-order valence-corrected chi connectivity index (χ4v) is 3.28. The van der Waals surface area contributed by atoms with Crippen LogP contribution in [0.2, 0.25) is 0 Å². The summed E-state index contributed by atoms with van der Waals surface area (Å²) in [4.78, 5) is 22.3. The Kier molecular flexibility index (Phi) is 3.74. The zero-order valence-corrected chi connectivity index (χ0v) is 14.0. The lowest BCUT2D eigenvalue weighted by Gasteiger charge is -2.35. The Morgan fingerprint density at radius 2 is 2.04 bits per heavy atom. The number of hydrogen-bond donors (Lipinski definition) is 1. The molecule has 2 atom stereocenters. The van der Waals surface area contributed by atoms with Gasteiger partial charge in [0, 0.05) is 13.1 Å². The molecule has 1 aliphatic rings. The van der Waals surface area contributed by atoms with Crippen molar-refractivity contribution in [2.45, 2.75) is 39.7 Å². The number of aromatic nitrogens is 4. The van der Waals surface area contributed by atoms with Gasteiger partial charge in [-0.05, 0) is 33.1 Å². The second-order valence-corrected chi connectivity index (χ2v) is 7.44. The summed E-state index contributed by atoms with van der Waals surface area (Å²) in [7, 11) is 0. The third-order valence-electron chi connectivity index (χ3n) is 4.29. The summed E-state index contributed by atoms with van der Waals surface area (Å²) < 4.78 is 1.88. The van der Waals surface area contributed by atoms with Gasteiger partial charge in [-0.3, -0.25) is 4.79 Å². The highest BCUT2D eigenvalue weighted by Crippen LogP contribution is 2.31. The second-order valence-electron chi connectivity index (χ2n) is 7.44. The number of nitrogens with zero attached hydrogens (tertiary/aromatic N) is 5. The Balaban J connectivity index is 2.03. The molecule has 1 N–H and O–H groups in total. The average molecular weight is 317 g/mol. The van der Waals surface area contributed by atoms with Gasteiger partial charge in [0.05, 0.1) is 23.0 Å². The maximum atomic E-state index is 11.4. The number of aliphatic carboxylic acids is 1. The van der Waals surface area contributed by atoms with Gasteiger partial charge in [-0.15, -0.1) is 0 Å². The third-order valence-corrected chi connectivity index (χ3v) is 4.29. The van der Waals surface area contributed by atoms with Crippen molar-refractivity contribution in [1.82, 2.24) is 19.7 Å². The highest BCUT2D eigenvalue weighted by molar-refractivity contribution is 5.87. The molecule has 2 unspecified atom stereocenters. The summed E-state index contributed by atoms with van der Waals surface area (Å²) in [5.41, 5.74) is 0.610. The molecule has 0 aliphatic carbocycles. The molecule has 7 nitrogen and oxygen atoms in total. The maximum Gasteiger partial charge on any atom is 0.308 e. The first-order valence-corrected chi connectivity index (χ1v) is 7.94. The zero-order valence-electron chi connectivity index (χ0n) is 14.0. The molecule has 2 aromatic rings. The number of carbonyl (C=O) groups is 1. The topological polar surface area (TPSA) is 84.1 Å². The van der Waals surface area contributed by atoms with Crippen molar-refractivity contribution in [2.24, 2.45) is 11.8 Å². The number of piperidine rings is 1. The van der Waals surface area contributed by atoms with Crippen molar-refractivity contribution >= 4 is 22.8 Å². The van der Waals surface area contributed by atoms with Gasteiger partial charge in [0.15, 0.2) is 5.65 Å². The molecule has 23 heavy (non-hydrogen) atoms. The minimum absolute atomic E-state index is 0.174. The molecule has 0 bridgehead atoms. The molecule has 0 aromatic carbocycles. The van der Waals surface area contributed by atoms with Gasteiger partial charge in [-0.2, -0.15) is 5.10 Å². The van der Waals surface area contributed by atoms with E-state index in [9.17, 15) is 9.90 Å². The van der Waals surface area contributed by atoms with E-state index in [1.807, 2.05) is 4.68 Å². The monoisotopic (exact) mass is 317 g/mol. The molecule has 0 radical (unpaired) electrons. The number of anilines is 1. The van der Waals surface area contributed by atoms with E-state index in [2.05, 4.69) is 47.7 Å². The minimum Gasteiger partial charge on any atom is -0.481 e. The largest absolute Gasteiger partial charge is 0.481 e. The molecule has 124 valence electrons. The summed E-state index contributed by atoms with van der Waals surface area (Å²) in [6.07, 6.45) is 4.03. The highest BCUT2D eigenvalue weighted by Gasteiger charge is 2.31. The second kappa shape index (κ2) is 5.47. The van der Waals surface area contributed by atoms with Crippen LogP contribution in [0.1, 0.15) is 34.1 Å². The fourth-order valence-electron chi connectivity index (χ4n) is 3.28. The molecule has 0 saturated carbocycles. The molecule has 0 amide bonds. The van der Waals surface area contributed by atoms with E-state index in [4.69, 9.17) is 0 Å². The Bertz CT molecular complexity index is 734. The first kappa shape index (κ1) is 15.7. The molecule has 0 spiro atoms. The molecule has 1 aliphatic heterocycles. The van der Waals surface area contributed by atoms with Crippen LogP contribution in [0, 0.1) is 11.8 Å². The van der Waals surface area contributed by atoms with E-state index in [1.54, 1.807) is 6.20 Å². The van der Waals surface area contributed by atoms with Crippen LogP contribution in [0.15, 0.2) is 12.5 Å². The lowest BCUT2D eigenvalue weighted by atomic mass is 9.90. The molecule has 3 rings (SSSR count). The van der Waals surface area contributed by atoms with Crippen LogP contribution in [0.5, 0.6) is 0 Å². The summed E-state index contributed by atoms with van der Waals surface area (Å²) in [6, 6.07) is 0. The zero-order chi connectivity index (χ0) is 16.8. The van der Waals surface area contributed by atoms with Crippen molar-refractivity contribution in [3.63, 3.8) is 0 Å². The number of carboxylic acid groups (broad SMARTS) is 1. The maximum absolute atomic E-state index is 11.4. The lowest BCUT2D eigenvalue weighted by molar-refractivity contribution is -0.142. The van der Waals surface area contributed by atoms with Crippen LogP contribution in [0.3, 0.4) is 0 Å². The Hall–Kier alpha value is -2.18. The van der Waals surface area contributed by atoms with Crippen LogP contribution in [-0.2, 0) is 10.3 Å². The first-order chi connectivity index (χ1) is 10.8. The van der Waals surface area contributed by atoms with Crippen LogP contribution >= 0.6 is 0 Å². The molecule has 7 heteroatoms. The van der Waals surface area contributed by atoms with Gasteiger partial charge in [0.2, 0.25) is 0 Å². The van der Waals surface area contributed by atoms with E-state index in [0.29, 0.717) is 18.9 Å². The van der Waals surface area contributed by atoms with Gasteiger partial charge in [0.25, 0.3) is 0 Å². The van der Waals surface area contributed by atoms with E-state index >= 15 is 0 Å². The summed E-state index contributed by atoms with van der Waals surface area (Å²) in [5, 5.41) is 14.7.